The van der Waals surface area contributed by atoms with E-state index in [1.54, 1.807) is 0 Å². The lowest BCUT2D eigenvalue weighted by atomic mass is 9.98. The molecule has 0 aromatic heterocycles. The average molecular weight is 497 g/mol. The molecule has 0 aromatic rings. The Balaban J connectivity index is 0.00000676. The molecule has 1 aliphatic heterocycles. The fourth-order valence-corrected chi connectivity index (χ4v) is 2.97. The van der Waals surface area contributed by atoms with Crippen molar-refractivity contribution in [3.8, 4) is 0 Å². The zero-order chi connectivity index (χ0) is 19.4. The highest BCUT2D eigenvalue weighted by Crippen LogP contribution is 2.15. The molecule has 1 aliphatic rings. The van der Waals surface area contributed by atoms with Crippen molar-refractivity contribution in [1.29, 1.82) is 0 Å². The minimum atomic E-state index is -0.725. The Labute approximate surface area is 182 Å². The van der Waals surface area contributed by atoms with Crippen LogP contribution >= 0.6 is 24.0 Å². The van der Waals surface area contributed by atoms with Gasteiger partial charge in [-0.3, -0.25) is 14.7 Å². The van der Waals surface area contributed by atoms with Crippen LogP contribution < -0.4 is 16.0 Å². The highest BCUT2D eigenvalue weighted by atomic mass is 127. The largest absolute Gasteiger partial charge is 0.388 e. The Morgan fingerprint density at radius 1 is 1.15 bits per heavy atom. The van der Waals surface area contributed by atoms with Crippen LogP contribution in [-0.4, -0.2) is 72.8 Å². The van der Waals surface area contributed by atoms with Gasteiger partial charge in [-0.15, -0.1) is 24.0 Å². The molecule has 1 amide bonds. The second-order valence-corrected chi connectivity index (χ2v) is 7.17. The Bertz CT molecular complexity index is 436. The van der Waals surface area contributed by atoms with Gasteiger partial charge in [0.05, 0.1) is 18.7 Å². The van der Waals surface area contributed by atoms with Crippen molar-refractivity contribution in [3.63, 3.8) is 0 Å². The first-order chi connectivity index (χ1) is 12.5. The molecule has 0 spiro atoms. The summed E-state index contributed by atoms with van der Waals surface area (Å²) >= 11 is 0. The number of hydrogen-bond donors (Lipinski definition) is 4. The summed E-state index contributed by atoms with van der Waals surface area (Å²) < 4.78 is 0. The highest BCUT2D eigenvalue weighted by Gasteiger charge is 2.24. The van der Waals surface area contributed by atoms with E-state index in [4.69, 9.17) is 0 Å². The van der Waals surface area contributed by atoms with E-state index in [-0.39, 0.29) is 29.9 Å². The fourth-order valence-electron chi connectivity index (χ4n) is 2.97. The monoisotopic (exact) mass is 497 g/mol. The molecule has 4 N–H and O–H groups in total. The lowest BCUT2D eigenvalue weighted by Gasteiger charge is -2.33. The summed E-state index contributed by atoms with van der Waals surface area (Å²) in [7, 11) is 0. The maximum absolute atomic E-state index is 11.8. The third-order valence-corrected chi connectivity index (χ3v) is 5.06. The molecule has 0 bridgehead atoms. The van der Waals surface area contributed by atoms with Crippen LogP contribution in [0.25, 0.3) is 0 Å². The molecular formula is C19H40IN5O2. The van der Waals surface area contributed by atoms with Crippen LogP contribution in [-0.2, 0) is 4.79 Å². The molecule has 0 aliphatic carbocycles. The Morgan fingerprint density at radius 3 is 2.30 bits per heavy atom. The fraction of sp³-hybridized carbons (Fsp3) is 0.895. The molecule has 1 rings (SSSR count). The van der Waals surface area contributed by atoms with Crippen LogP contribution in [0.15, 0.2) is 4.99 Å². The third kappa shape index (κ3) is 10.5. The predicted molar refractivity (Wildman–Crippen MR) is 123 cm³/mol. The molecule has 8 heteroatoms. The maximum atomic E-state index is 11.8. The van der Waals surface area contributed by atoms with Crippen molar-refractivity contribution in [2.45, 2.75) is 71.4 Å². The SMILES string of the molecule is CCCNC(=O)CN1CCC(NC(=NCC(O)(CC)CC)NCC)CC1.I. The smallest absolute Gasteiger partial charge is 0.234 e. The molecule has 27 heavy (non-hydrogen) atoms. The summed E-state index contributed by atoms with van der Waals surface area (Å²) in [4.78, 5) is 18.6. The number of nitrogens with one attached hydrogen (secondary N) is 3. The molecule has 160 valence electrons. The van der Waals surface area contributed by atoms with E-state index in [2.05, 4.69) is 32.8 Å². The second kappa shape index (κ2) is 14.4. The van der Waals surface area contributed by atoms with Crippen LogP contribution in [0.5, 0.6) is 0 Å². The standard InChI is InChI=1S/C19H39N5O2.HI/c1-5-11-21-17(25)14-24-12-9-16(10-13-24)23-18(20-8-4)22-15-19(26,6-2)7-3;/h16,26H,5-15H2,1-4H3,(H,21,25)(H2,20,22,23);1H. The van der Waals surface area contributed by atoms with Gasteiger partial charge in [-0.2, -0.15) is 0 Å². The first-order valence-corrected chi connectivity index (χ1v) is 10.2. The Morgan fingerprint density at radius 2 is 1.78 bits per heavy atom. The number of rotatable bonds is 10. The van der Waals surface area contributed by atoms with E-state index in [1.165, 1.54) is 0 Å². The number of halogens is 1. The number of hydrogen-bond acceptors (Lipinski definition) is 4. The van der Waals surface area contributed by atoms with Crippen molar-refractivity contribution in [1.82, 2.24) is 20.9 Å². The number of carbonyl (C=O) groups excluding carboxylic acids is 1. The van der Waals surface area contributed by atoms with Gasteiger partial charge in [0, 0.05) is 32.2 Å². The normalized spacial score (nSPS) is 16.6. The lowest BCUT2D eigenvalue weighted by Crippen LogP contribution is -2.50. The minimum Gasteiger partial charge on any atom is -0.388 e. The van der Waals surface area contributed by atoms with E-state index in [0.717, 1.165) is 51.4 Å². The molecule has 0 unspecified atom stereocenters. The number of amides is 1. The first kappa shape index (κ1) is 26.4. The molecule has 0 radical (unpaired) electrons. The third-order valence-electron chi connectivity index (χ3n) is 5.06. The molecule has 1 fully saturated rings. The number of aliphatic imine (C=N–C) groups is 1. The van der Waals surface area contributed by atoms with E-state index >= 15 is 0 Å². The molecule has 1 saturated heterocycles. The summed E-state index contributed by atoms with van der Waals surface area (Å²) in [6.07, 6.45) is 4.33. The van der Waals surface area contributed by atoms with Gasteiger partial charge >= 0.3 is 0 Å². The van der Waals surface area contributed by atoms with Crippen LogP contribution in [0.1, 0.15) is 59.8 Å². The second-order valence-electron chi connectivity index (χ2n) is 7.17. The summed E-state index contributed by atoms with van der Waals surface area (Å²) in [6.45, 7) is 12.3. The highest BCUT2D eigenvalue weighted by molar-refractivity contribution is 14.0. The quantitative estimate of drug-likeness (QED) is 0.210. The van der Waals surface area contributed by atoms with Crippen LogP contribution in [0.4, 0.5) is 0 Å². The molecule has 7 nitrogen and oxygen atoms in total. The summed E-state index contributed by atoms with van der Waals surface area (Å²) in [5, 5.41) is 20.1. The molecular weight excluding hydrogens is 457 g/mol. The molecule has 1 heterocycles. The average Bonchev–Trinajstić information content (AvgIpc) is 2.66. The van der Waals surface area contributed by atoms with Crippen LogP contribution in [0, 0.1) is 0 Å². The maximum Gasteiger partial charge on any atom is 0.234 e. The molecule has 0 saturated carbocycles. The minimum absolute atomic E-state index is 0. The van der Waals surface area contributed by atoms with Gasteiger partial charge in [-0.25, -0.2) is 0 Å². The van der Waals surface area contributed by atoms with Gasteiger partial charge in [-0.05, 0) is 39.0 Å². The number of aliphatic hydroxyl groups is 1. The van der Waals surface area contributed by atoms with Crippen molar-refractivity contribution in [3.05, 3.63) is 0 Å². The van der Waals surface area contributed by atoms with Gasteiger partial charge in [0.2, 0.25) is 5.91 Å². The number of nitrogens with zero attached hydrogens (tertiary/aromatic N) is 2. The first-order valence-electron chi connectivity index (χ1n) is 10.2. The number of piperidine rings is 1. The lowest BCUT2D eigenvalue weighted by molar-refractivity contribution is -0.122. The van der Waals surface area contributed by atoms with Crippen molar-refractivity contribution >= 4 is 35.8 Å². The number of likely N-dealkylation sites (tertiary alicyclic amines) is 1. The number of carbonyl (C=O) groups is 1. The number of guanidine groups is 1. The summed E-state index contributed by atoms with van der Waals surface area (Å²) in [5.74, 6) is 0.888. The zero-order valence-corrected chi connectivity index (χ0v) is 19.8. The van der Waals surface area contributed by atoms with Gasteiger partial charge in [0.1, 0.15) is 0 Å². The van der Waals surface area contributed by atoms with E-state index < -0.39 is 5.60 Å². The topological polar surface area (TPSA) is 89.0 Å². The van der Waals surface area contributed by atoms with E-state index in [1.807, 2.05) is 20.8 Å². The van der Waals surface area contributed by atoms with Gasteiger partial charge in [0.25, 0.3) is 0 Å². The van der Waals surface area contributed by atoms with E-state index in [9.17, 15) is 9.90 Å². The zero-order valence-electron chi connectivity index (χ0n) is 17.5. The van der Waals surface area contributed by atoms with E-state index in [0.29, 0.717) is 32.0 Å². The Hall–Kier alpha value is -0.610. The van der Waals surface area contributed by atoms with Crippen molar-refractivity contribution < 1.29 is 9.90 Å². The predicted octanol–water partition coefficient (Wildman–Crippen LogP) is 1.70. The van der Waals surface area contributed by atoms with Crippen LogP contribution in [0.3, 0.4) is 0 Å². The van der Waals surface area contributed by atoms with Gasteiger partial charge in [-0.1, -0.05) is 20.8 Å². The molecule has 0 atom stereocenters. The summed E-state index contributed by atoms with van der Waals surface area (Å²) in [6, 6.07) is 0.346. The van der Waals surface area contributed by atoms with Crippen molar-refractivity contribution in [2.75, 3.05) is 39.3 Å². The molecule has 0 aromatic carbocycles. The van der Waals surface area contributed by atoms with Crippen molar-refractivity contribution in [2.24, 2.45) is 4.99 Å². The summed E-state index contributed by atoms with van der Waals surface area (Å²) in [5.41, 5.74) is -0.725. The van der Waals surface area contributed by atoms with Crippen LogP contribution in [0.2, 0.25) is 0 Å². The van der Waals surface area contributed by atoms with Gasteiger partial charge < -0.3 is 21.1 Å². The Kier molecular flexibility index (Phi) is 14.1. The van der Waals surface area contributed by atoms with Gasteiger partial charge in [0.15, 0.2) is 5.96 Å².